The van der Waals surface area contributed by atoms with E-state index in [4.69, 9.17) is 4.74 Å². The van der Waals surface area contributed by atoms with Gasteiger partial charge in [-0.2, -0.15) is 0 Å². The number of carbonyl (C=O) groups is 2. The van der Waals surface area contributed by atoms with Crippen molar-refractivity contribution in [3.8, 4) is 5.75 Å². The molecule has 148 valence electrons. The number of hydrogen-bond donors (Lipinski definition) is 2. The molecule has 0 bridgehead atoms. The maximum Gasteiger partial charge on any atom is 0.270 e. The van der Waals surface area contributed by atoms with Gasteiger partial charge in [-0.25, -0.2) is 9.97 Å². The lowest BCUT2D eigenvalue weighted by Gasteiger charge is -2.11. The van der Waals surface area contributed by atoms with Crippen LogP contribution in [0.2, 0.25) is 0 Å². The Balaban J connectivity index is 1.72. The lowest BCUT2D eigenvalue weighted by molar-refractivity contribution is 0.0944. The SMILES string of the molecule is COc1ccccc1CNC(=O)c1cc(C)nc(Nc2ccc(C(C)=O)cc2)n1. The fourth-order valence-electron chi connectivity index (χ4n) is 2.77. The second-order valence-electron chi connectivity index (χ2n) is 6.47. The van der Waals surface area contributed by atoms with E-state index in [0.717, 1.165) is 11.3 Å². The van der Waals surface area contributed by atoms with Crippen LogP contribution in [0.3, 0.4) is 0 Å². The fraction of sp³-hybridized carbons (Fsp3) is 0.182. The Bertz CT molecular complexity index is 1030. The number of aryl methyl sites for hydroxylation is 1. The van der Waals surface area contributed by atoms with E-state index in [2.05, 4.69) is 20.6 Å². The van der Waals surface area contributed by atoms with E-state index in [1.165, 1.54) is 6.92 Å². The molecule has 3 aromatic rings. The van der Waals surface area contributed by atoms with Crippen LogP contribution >= 0.6 is 0 Å². The average Bonchev–Trinajstić information content (AvgIpc) is 2.72. The van der Waals surface area contributed by atoms with Gasteiger partial charge in [0, 0.05) is 29.1 Å². The molecule has 0 atom stereocenters. The minimum Gasteiger partial charge on any atom is -0.496 e. The van der Waals surface area contributed by atoms with Gasteiger partial charge >= 0.3 is 0 Å². The summed E-state index contributed by atoms with van der Waals surface area (Å²) in [7, 11) is 1.59. The number of methoxy groups -OCH3 is 1. The molecular weight excluding hydrogens is 368 g/mol. The molecule has 1 aromatic heterocycles. The Hall–Kier alpha value is -3.74. The molecule has 7 heteroatoms. The van der Waals surface area contributed by atoms with Crippen LogP contribution in [0, 0.1) is 6.92 Å². The van der Waals surface area contributed by atoms with E-state index in [-0.39, 0.29) is 17.4 Å². The number of carbonyl (C=O) groups excluding carboxylic acids is 2. The Labute approximate surface area is 169 Å². The summed E-state index contributed by atoms with van der Waals surface area (Å²) in [6.45, 7) is 3.63. The van der Waals surface area contributed by atoms with Gasteiger partial charge in [-0.15, -0.1) is 0 Å². The van der Waals surface area contributed by atoms with Crippen LogP contribution in [-0.2, 0) is 6.54 Å². The summed E-state index contributed by atoms with van der Waals surface area (Å²) in [4.78, 5) is 32.6. The first kappa shape index (κ1) is 20.0. The van der Waals surface area contributed by atoms with Gasteiger partial charge in [-0.1, -0.05) is 18.2 Å². The predicted octanol–water partition coefficient (Wildman–Crippen LogP) is 3.67. The molecule has 3 rings (SSSR count). The number of ether oxygens (including phenoxy) is 1. The quantitative estimate of drug-likeness (QED) is 0.598. The number of amides is 1. The molecule has 0 saturated heterocycles. The zero-order chi connectivity index (χ0) is 20.8. The van der Waals surface area contributed by atoms with Gasteiger partial charge in [-0.3, -0.25) is 9.59 Å². The number of benzene rings is 2. The molecule has 0 aliphatic heterocycles. The smallest absolute Gasteiger partial charge is 0.270 e. The number of nitrogens with one attached hydrogen (secondary N) is 2. The molecule has 2 aromatic carbocycles. The number of para-hydroxylation sites is 1. The van der Waals surface area contributed by atoms with Gasteiger partial charge in [0.25, 0.3) is 5.91 Å². The topological polar surface area (TPSA) is 93.2 Å². The first-order valence-corrected chi connectivity index (χ1v) is 9.10. The Morgan fingerprint density at radius 1 is 1.03 bits per heavy atom. The Morgan fingerprint density at radius 2 is 1.76 bits per heavy atom. The molecule has 0 aliphatic rings. The van der Waals surface area contributed by atoms with Crippen molar-refractivity contribution in [1.29, 1.82) is 0 Å². The zero-order valence-corrected chi connectivity index (χ0v) is 16.5. The fourth-order valence-corrected chi connectivity index (χ4v) is 2.77. The van der Waals surface area contributed by atoms with Crippen molar-refractivity contribution in [3.05, 3.63) is 77.1 Å². The van der Waals surface area contributed by atoms with Gasteiger partial charge in [0.1, 0.15) is 11.4 Å². The number of rotatable bonds is 7. The van der Waals surface area contributed by atoms with E-state index in [9.17, 15) is 9.59 Å². The summed E-state index contributed by atoms with van der Waals surface area (Å²) >= 11 is 0. The van der Waals surface area contributed by atoms with Crippen LogP contribution in [0.15, 0.2) is 54.6 Å². The summed E-state index contributed by atoms with van der Waals surface area (Å²) in [5.74, 6) is 0.708. The third-order valence-electron chi connectivity index (χ3n) is 4.27. The van der Waals surface area contributed by atoms with Gasteiger partial charge < -0.3 is 15.4 Å². The highest BCUT2D eigenvalue weighted by Gasteiger charge is 2.12. The standard InChI is InChI=1S/C22H22N4O3/c1-14-12-19(21(28)23-13-17-6-4-5-7-20(17)29-3)26-22(24-14)25-18-10-8-16(9-11-18)15(2)27/h4-12H,13H2,1-3H3,(H,23,28)(H,24,25,26). The third kappa shape index (κ3) is 5.16. The molecule has 1 heterocycles. The van der Waals surface area contributed by atoms with E-state index < -0.39 is 0 Å². The highest BCUT2D eigenvalue weighted by molar-refractivity contribution is 5.94. The number of nitrogens with zero attached hydrogens (tertiary/aromatic N) is 2. The van der Waals surface area contributed by atoms with Gasteiger partial charge in [0.05, 0.1) is 7.11 Å². The number of Topliss-reactive ketones (excluding diaryl/α,β-unsaturated/α-hetero) is 1. The van der Waals surface area contributed by atoms with Crippen LogP contribution in [0.4, 0.5) is 11.6 Å². The average molecular weight is 390 g/mol. The summed E-state index contributed by atoms with van der Waals surface area (Å²) in [6, 6.07) is 16.1. The van der Waals surface area contributed by atoms with Crippen molar-refractivity contribution >= 4 is 23.3 Å². The van der Waals surface area contributed by atoms with E-state index in [1.807, 2.05) is 24.3 Å². The van der Waals surface area contributed by atoms with Crippen LogP contribution in [0.1, 0.15) is 39.0 Å². The van der Waals surface area contributed by atoms with Crippen molar-refractivity contribution in [2.75, 3.05) is 12.4 Å². The summed E-state index contributed by atoms with van der Waals surface area (Å²) in [5, 5.41) is 5.92. The van der Waals surface area contributed by atoms with Crippen molar-refractivity contribution < 1.29 is 14.3 Å². The van der Waals surface area contributed by atoms with Gasteiger partial charge in [0.2, 0.25) is 5.95 Å². The molecule has 7 nitrogen and oxygen atoms in total. The molecule has 2 N–H and O–H groups in total. The van der Waals surface area contributed by atoms with Crippen LogP contribution in [-0.4, -0.2) is 28.8 Å². The van der Waals surface area contributed by atoms with Crippen LogP contribution in [0.5, 0.6) is 5.75 Å². The maximum absolute atomic E-state index is 12.6. The molecule has 0 radical (unpaired) electrons. The van der Waals surface area contributed by atoms with Gasteiger partial charge in [-0.05, 0) is 50.2 Å². The van der Waals surface area contributed by atoms with Crippen LogP contribution in [0.25, 0.3) is 0 Å². The van der Waals surface area contributed by atoms with E-state index in [0.29, 0.717) is 29.5 Å². The van der Waals surface area contributed by atoms with Crippen LogP contribution < -0.4 is 15.4 Å². The van der Waals surface area contributed by atoms with E-state index in [1.54, 1.807) is 44.4 Å². The minimum absolute atomic E-state index is 0.00244. The maximum atomic E-state index is 12.6. The zero-order valence-electron chi connectivity index (χ0n) is 16.5. The first-order valence-electron chi connectivity index (χ1n) is 9.10. The molecule has 29 heavy (non-hydrogen) atoms. The first-order chi connectivity index (χ1) is 14.0. The molecule has 0 saturated carbocycles. The lowest BCUT2D eigenvalue weighted by Crippen LogP contribution is -2.24. The third-order valence-corrected chi connectivity index (χ3v) is 4.27. The van der Waals surface area contributed by atoms with Crippen molar-refractivity contribution in [3.63, 3.8) is 0 Å². The summed E-state index contributed by atoms with van der Waals surface area (Å²) in [6.07, 6.45) is 0. The molecular formula is C22H22N4O3. The van der Waals surface area contributed by atoms with E-state index >= 15 is 0 Å². The van der Waals surface area contributed by atoms with Crippen molar-refractivity contribution in [2.45, 2.75) is 20.4 Å². The molecule has 0 unspecified atom stereocenters. The van der Waals surface area contributed by atoms with Gasteiger partial charge in [0.15, 0.2) is 5.78 Å². The lowest BCUT2D eigenvalue weighted by atomic mass is 10.1. The monoisotopic (exact) mass is 390 g/mol. The minimum atomic E-state index is -0.309. The number of aromatic nitrogens is 2. The highest BCUT2D eigenvalue weighted by Crippen LogP contribution is 2.18. The highest BCUT2D eigenvalue weighted by atomic mass is 16.5. The normalized spacial score (nSPS) is 10.3. The molecule has 0 fully saturated rings. The predicted molar refractivity (Wildman–Crippen MR) is 111 cm³/mol. The van der Waals surface area contributed by atoms with Crippen molar-refractivity contribution in [2.24, 2.45) is 0 Å². The second-order valence-corrected chi connectivity index (χ2v) is 6.47. The largest absolute Gasteiger partial charge is 0.496 e. The number of anilines is 2. The molecule has 1 amide bonds. The number of ketones is 1. The Morgan fingerprint density at radius 3 is 2.45 bits per heavy atom. The Kier molecular flexibility index (Phi) is 6.19. The molecule has 0 aliphatic carbocycles. The summed E-state index contributed by atoms with van der Waals surface area (Å²) < 4.78 is 5.30. The number of hydrogen-bond acceptors (Lipinski definition) is 6. The second kappa shape index (κ2) is 8.97. The molecule has 0 spiro atoms. The van der Waals surface area contributed by atoms with Crippen molar-refractivity contribution in [1.82, 2.24) is 15.3 Å². The summed E-state index contributed by atoms with van der Waals surface area (Å²) in [5.41, 5.74) is 3.14.